The van der Waals surface area contributed by atoms with Crippen molar-refractivity contribution in [2.75, 3.05) is 52.7 Å². The highest BCUT2D eigenvalue weighted by atomic mass is 35.5. The minimum atomic E-state index is -3.33. The molecule has 1 fully saturated rings. The maximum absolute atomic E-state index is 13.6. The molecule has 0 atom stereocenters. The highest BCUT2D eigenvalue weighted by Gasteiger charge is 2.26. The van der Waals surface area contributed by atoms with Crippen molar-refractivity contribution in [1.29, 1.82) is 0 Å². The summed E-state index contributed by atoms with van der Waals surface area (Å²) in [6.45, 7) is 4.59. The molecule has 8 nitrogen and oxygen atoms in total. The first-order valence-electron chi connectivity index (χ1n) is 13.0. The van der Waals surface area contributed by atoms with E-state index in [0.29, 0.717) is 29.5 Å². The Morgan fingerprint density at radius 3 is 2.48 bits per heavy atom. The van der Waals surface area contributed by atoms with Gasteiger partial charge >= 0.3 is 0 Å². The van der Waals surface area contributed by atoms with Crippen molar-refractivity contribution >= 4 is 38.7 Å². The van der Waals surface area contributed by atoms with Crippen LogP contribution in [0.25, 0.3) is 26.7 Å². The minimum Gasteiger partial charge on any atom is -0.385 e. The van der Waals surface area contributed by atoms with E-state index >= 15 is 0 Å². The zero-order chi connectivity index (χ0) is 28.3. The molecule has 2 aromatic carbocycles. The summed E-state index contributed by atoms with van der Waals surface area (Å²) in [5.74, 6) is -0.110. The molecule has 0 bridgehead atoms. The van der Waals surface area contributed by atoms with Crippen LogP contribution in [0, 0.1) is 0 Å². The van der Waals surface area contributed by atoms with Crippen LogP contribution in [-0.4, -0.2) is 86.6 Å². The van der Waals surface area contributed by atoms with Crippen molar-refractivity contribution in [3.63, 3.8) is 0 Å². The van der Waals surface area contributed by atoms with E-state index in [1.54, 1.807) is 36.1 Å². The smallest absolute Gasteiger partial charge is 0.274 e. The van der Waals surface area contributed by atoms with E-state index in [2.05, 4.69) is 4.90 Å². The summed E-state index contributed by atoms with van der Waals surface area (Å²) in [4.78, 5) is 19.8. The second-order valence-electron chi connectivity index (χ2n) is 9.72. The molecule has 40 heavy (non-hydrogen) atoms. The third-order valence-electron chi connectivity index (χ3n) is 6.90. The van der Waals surface area contributed by atoms with Crippen LogP contribution >= 0.6 is 22.9 Å². The second kappa shape index (κ2) is 12.2. The van der Waals surface area contributed by atoms with E-state index in [0.717, 1.165) is 53.7 Å². The Morgan fingerprint density at radius 2 is 1.75 bits per heavy atom. The first-order chi connectivity index (χ1) is 19.2. The number of rotatable bonds is 9. The van der Waals surface area contributed by atoms with Crippen LogP contribution in [0.1, 0.15) is 16.9 Å². The number of amides is 1. The molecule has 0 spiro atoms. The molecule has 0 aliphatic carbocycles. The van der Waals surface area contributed by atoms with E-state index in [1.165, 1.54) is 17.6 Å². The largest absolute Gasteiger partial charge is 0.385 e. The molecule has 0 saturated carbocycles. The maximum atomic E-state index is 13.6. The summed E-state index contributed by atoms with van der Waals surface area (Å²) in [6.07, 6.45) is 2.17. The molecule has 1 aliphatic rings. The van der Waals surface area contributed by atoms with Crippen molar-refractivity contribution in [2.24, 2.45) is 0 Å². The van der Waals surface area contributed by atoms with Crippen molar-refractivity contribution in [3.05, 3.63) is 77.4 Å². The van der Waals surface area contributed by atoms with Crippen LogP contribution in [0.5, 0.6) is 0 Å². The number of halogens is 1. The van der Waals surface area contributed by atoms with Crippen LogP contribution < -0.4 is 0 Å². The fourth-order valence-electron chi connectivity index (χ4n) is 4.75. The van der Waals surface area contributed by atoms with Gasteiger partial charge in [0.25, 0.3) is 5.91 Å². The molecule has 5 rings (SSSR count). The average Bonchev–Trinajstić information content (AvgIpc) is 3.61. The number of piperazine rings is 1. The molecule has 0 radical (unpaired) electrons. The Labute approximate surface area is 243 Å². The van der Waals surface area contributed by atoms with Gasteiger partial charge in [-0.15, -0.1) is 11.3 Å². The summed E-state index contributed by atoms with van der Waals surface area (Å²) >= 11 is 8.06. The number of hydrogen-bond acceptors (Lipinski definition) is 7. The number of thiophene rings is 1. The Balaban J connectivity index is 1.45. The number of benzene rings is 2. The van der Waals surface area contributed by atoms with Crippen molar-refractivity contribution < 1.29 is 17.9 Å². The topological polar surface area (TPSA) is 84.7 Å². The number of ether oxygens (including phenoxy) is 1. The van der Waals surface area contributed by atoms with E-state index in [1.807, 2.05) is 47.4 Å². The lowest BCUT2D eigenvalue weighted by atomic mass is 10.2. The third kappa shape index (κ3) is 6.31. The van der Waals surface area contributed by atoms with E-state index < -0.39 is 9.84 Å². The third-order valence-corrected chi connectivity index (χ3v) is 9.48. The zero-order valence-electron chi connectivity index (χ0n) is 22.4. The van der Waals surface area contributed by atoms with Crippen LogP contribution in [-0.2, 0) is 14.6 Å². The first kappa shape index (κ1) is 28.5. The average molecular weight is 599 g/mol. The van der Waals surface area contributed by atoms with Gasteiger partial charge in [-0.05, 0) is 54.4 Å². The Bertz CT molecular complexity index is 1610. The molecule has 2 aromatic heterocycles. The van der Waals surface area contributed by atoms with E-state index in [4.69, 9.17) is 21.4 Å². The second-order valence-corrected chi connectivity index (χ2v) is 13.2. The van der Waals surface area contributed by atoms with Crippen molar-refractivity contribution in [1.82, 2.24) is 19.6 Å². The monoisotopic (exact) mass is 598 g/mol. The van der Waals surface area contributed by atoms with Gasteiger partial charge in [-0.25, -0.2) is 13.1 Å². The predicted molar refractivity (Wildman–Crippen MR) is 159 cm³/mol. The summed E-state index contributed by atoms with van der Waals surface area (Å²) < 4.78 is 31.0. The fraction of sp³-hybridized carbons (Fsp3) is 0.310. The molecule has 3 heterocycles. The van der Waals surface area contributed by atoms with Gasteiger partial charge in [0.1, 0.15) is 0 Å². The molecular formula is C29H31ClN4O4S2. The molecule has 0 N–H and O–H groups in total. The number of methoxy groups -OCH3 is 1. The maximum Gasteiger partial charge on any atom is 0.274 e. The molecule has 1 saturated heterocycles. The van der Waals surface area contributed by atoms with Gasteiger partial charge in [0.15, 0.2) is 15.5 Å². The SMILES string of the molecule is COCCCN1CCN(C(=O)c2cc(-c3ccc(-c4cccc(S(C)(=O)=O)c4)s3)n(-c3ccccc3Cl)n2)CC1. The quantitative estimate of drug-likeness (QED) is 0.249. The fourth-order valence-corrected chi connectivity index (χ4v) is 6.63. The molecule has 0 unspecified atom stereocenters. The lowest BCUT2D eigenvalue weighted by Gasteiger charge is -2.34. The van der Waals surface area contributed by atoms with Gasteiger partial charge in [0.05, 0.1) is 26.2 Å². The number of para-hydroxylation sites is 1. The molecular weight excluding hydrogens is 568 g/mol. The Hall–Kier alpha value is -3.02. The summed E-state index contributed by atoms with van der Waals surface area (Å²) in [7, 11) is -1.62. The summed E-state index contributed by atoms with van der Waals surface area (Å²) in [5.41, 5.74) is 2.58. The zero-order valence-corrected chi connectivity index (χ0v) is 24.8. The number of carbonyl (C=O) groups is 1. The van der Waals surface area contributed by atoms with Gasteiger partial charge in [0.2, 0.25) is 0 Å². The van der Waals surface area contributed by atoms with Crippen LogP contribution in [0.4, 0.5) is 0 Å². The van der Waals surface area contributed by atoms with Crippen LogP contribution in [0.3, 0.4) is 0 Å². The predicted octanol–water partition coefficient (Wildman–Crippen LogP) is 5.12. The summed E-state index contributed by atoms with van der Waals surface area (Å²) in [5, 5.41) is 5.26. The van der Waals surface area contributed by atoms with Crippen LogP contribution in [0.2, 0.25) is 5.02 Å². The first-order valence-corrected chi connectivity index (χ1v) is 16.1. The highest BCUT2D eigenvalue weighted by Crippen LogP contribution is 2.37. The molecule has 1 amide bonds. The number of sulfone groups is 1. The normalized spacial score (nSPS) is 14.5. The number of nitrogens with zero attached hydrogens (tertiary/aromatic N) is 4. The highest BCUT2D eigenvalue weighted by molar-refractivity contribution is 7.90. The van der Waals surface area contributed by atoms with Crippen LogP contribution in [0.15, 0.2) is 71.6 Å². The van der Waals surface area contributed by atoms with Gasteiger partial charge in [-0.3, -0.25) is 9.69 Å². The molecule has 11 heteroatoms. The van der Waals surface area contributed by atoms with Crippen molar-refractivity contribution in [2.45, 2.75) is 11.3 Å². The standard InChI is InChI=1S/C29H31ClN4O4S2/c1-38-18-6-13-32-14-16-33(17-15-32)29(35)24-20-26(34(31-24)25-10-4-3-9-23(25)30)28-12-11-27(39-28)21-7-5-8-22(19-21)40(2,36)37/h3-5,7-12,19-20H,6,13-18H2,1-2H3. The summed E-state index contributed by atoms with van der Waals surface area (Å²) in [6, 6.07) is 20.0. The van der Waals surface area contributed by atoms with Crippen molar-refractivity contribution in [3.8, 4) is 26.7 Å². The molecule has 1 aliphatic heterocycles. The van der Waals surface area contributed by atoms with E-state index in [9.17, 15) is 13.2 Å². The number of aromatic nitrogens is 2. The van der Waals surface area contributed by atoms with Gasteiger partial charge in [-0.2, -0.15) is 5.10 Å². The number of carbonyl (C=O) groups excluding carboxylic acids is 1. The van der Waals surface area contributed by atoms with Gasteiger partial charge in [-0.1, -0.05) is 35.9 Å². The van der Waals surface area contributed by atoms with Gasteiger partial charge in [0, 0.05) is 57.6 Å². The van der Waals surface area contributed by atoms with E-state index in [-0.39, 0.29) is 10.8 Å². The lowest BCUT2D eigenvalue weighted by Crippen LogP contribution is -2.49. The minimum absolute atomic E-state index is 0.110. The Kier molecular flexibility index (Phi) is 8.72. The Morgan fingerprint density at radius 1 is 1.00 bits per heavy atom. The lowest BCUT2D eigenvalue weighted by molar-refractivity contribution is 0.0618. The number of hydrogen-bond donors (Lipinski definition) is 0. The molecule has 4 aromatic rings. The molecule has 210 valence electrons. The van der Waals surface area contributed by atoms with Gasteiger partial charge < -0.3 is 9.64 Å².